The van der Waals surface area contributed by atoms with E-state index in [1.54, 1.807) is 0 Å². The van der Waals surface area contributed by atoms with Crippen molar-refractivity contribution >= 4 is 12.2 Å². The summed E-state index contributed by atoms with van der Waals surface area (Å²) >= 11 is 0. The zero-order valence-electron chi connectivity index (χ0n) is 34.7. The van der Waals surface area contributed by atoms with Gasteiger partial charge in [0.25, 0.3) is 0 Å². The summed E-state index contributed by atoms with van der Waals surface area (Å²) in [6.45, 7) is 29.9. The third kappa shape index (κ3) is 8.45. The molecule has 6 rings (SSSR count). The first-order valence-electron chi connectivity index (χ1n) is 19.3. The highest BCUT2D eigenvalue weighted by molar-refractivity contribution is 5.77. The van der Waals surface area contributed by atoms with Crippen LogP contribution >= 0.6 is 0 Å². The summed E-state index contributed by atoms with van der Waals surface area (Å²) in [5.74, 6) is 5.14. The molecule has 0 N–H and O–H groups in total. The Morgan fingerprint density at radius 1 is 0.393 bits per heavy atom. The van der Waals surface area contributed by atoms with Gasteiger partial charge in [-0.15, -0.1) is 0 Å². The topological polar surface area (TPSA) is 36.9 Å². The molecule has 4 heteroatoms. The maximum atomic E-state index is 6.66. The van der Waals surface area contributed by atoms with E-state index in [4.69, 9.17) is 18.9 Å². The number of hydrogen-bond donors (Lipinski definition) is 0. The second-order valence-corrected chi connectivity index (χ2v) is 15.1. The summed E-state index contributed by atoms with van der Waals surface area (Å²) < 4.78 is 25.9. The first-order valence-corrected chi connectivity index (χ1v) is 19.3. The molecule has 0 saturated heterocycles. The lowest BCUT2D eigenvalue weighted by molar-refractivity contribution is 0.301. The molecule has 0 radical (unpaired) electrons. The molecule has 56 heavy (non-hydrogen) atoms. The zero-order valence-corrected chi connectivity index (χ0v) is 34.7. The molecule has 0 aliphatic carbocycles. The van der Waals surface area contributed by atoms with Crippen LogP contribution in [0, 0.1) is 69.2 Å². The molecule has 286 valence electrons. The molecule has 6 aromatic rings. The van der Waals surface area contributed by atoms with Gasteiger partial charge in [0.1, 0.15) is 47.7 Å². The quantitative estimate of drug-likeness (QED) is 0.118. The highest BCUT2D eigenvalue weighted by Gasteiger charge is 2.20. The van der Waals surface area contributed by atoms with Gasteiger partial charge in [-0.3, -0.25) is 0 Å². The van der Waals surface area contributed by atoms with E-state index in [1.165, 1.54) is 22.3 Å². The predicted molar refractivity (Wildman–Crippen MR) is 234 cm³/mol. The Morgan fingerprint density at radius 2 is 0.696 bits per heavy atom. The van der Waals surface area contributed by atoms with Crippen molar-refractivity contribution in [2.45, 2.75) is 82.5 Å². The standard InChI is InChI=1S/C52H54O4/c1-13-41-15-19-43(20-16-41)29-53-49-31(3)23-45(24-32(49)4)55-51-35(7)27-47(37(9)39(51)11)48-28-36(8)52(40(12)38(48)10)56-46-25-33(5)50(34(6)26-46)54-30-44-21-17-42(14-2)18-22-44/h13-28H,1-2,29-30H2,3-12H3. The molecule has 0 bridgehead atoms. The van der Waals surface area contributed by atoms with E-state index in [-0.39, 0.29) is 0 Å². The van der Waals surface area contributed by atoms with Gasteiger partial charge in [-0.2, -0.15) is 0 Å². The molecule has 6 aromatic carbocycles. The van der Waals surface area contributed by atoms with E-state index in [0.717, 1.165) is 101 Å². The molecule has 0 aliphatic rings. The van der Waals surface area contributed by atoms with Crippen LogP contribution in [0.5, 0.6) is 34.5 Å². The average molecular weight is 743 g/mol. The van der Waals surface area contributed by atoms with Gasteiger partial charge in [-0.25, -0.2) is 0 Å². The van der Waals surface area contributed by atoms with Gasteiger partial charge in [0.15, 0.2) is 0 Å². The second-order valence-electron chi connectivity index (χ2n) is 15.1. The van der Waals surface area contributed by atoms with E-state index in [9.17, 15) is 0 Å². The van der Waals surface area contributed by atoms with Gasteiger partial charge in [0.05, 0.1) is 0 Å². The van der Waals surface area contributed by atoms with E-state index in [2.05, 4.69) is 167 Å². The second kappa shape index (κ2) is 16.8. The Balaban J connectivity index is 1.20. The first-order chi connectivity index (χ1) is 26.8. The van der Waals surface area contributed by atoms with Crippen molar-refractivity contribution in [2.24, 2.45) is 0 Å². The molecule has 0 aliphatic heterocycles. The van der Waals surface area contributed by atoms with Crippen LogP contribution in [0.2, 0.25) is 0 Å². The van der Waals surface area contributed by atoms with Gasteiger partial charge in [-0.1, -0.05) is 73.8 Å². The van der Waals surface area contributed by atoms with E-state index in [0.29, 0.717) is 13.2 Å². The third-order valence-electron chi connectivity index (χ3n) is 10.8. The monoisotopic (exact) mass is 742 g/mol. The maximum Gasteiger partial charge on any atom is 0.133 e. The Bertz CT molecular complexity index is 2210. The van der Waals surface area contributed by atoms with Gasteiger partial charge in [0.2, 0.25) is 0 Å². The summed E-state index contributed by atoms with van der Waals surface area (Å²) in [5, 5.41) is 0. The van der Waals surface area contributed by atoms with Crippen LogP contribution < -0.4 is 18.9 Å². The summed E-state index contributed by atoms with van der Waals surface area (Å²) in [6, 6.07) is 29.3. The van der Waals surface area contributed by atoms with Gasteiger partial charge in [-0.05, 0) is 195 Å². The van der Waals surface area contributed by atoms with Crippen molar-refractivity contribution in [1.29, 1.82) is 0 Å². The minimum absolute atomic E-state index is 0.499. The summed E-state index contributed by atoms with van der Waals surface area (Å²) in [4.78, 5) is 0. The maximum absolute atomic E-state index is 6.66. The van der Waals surface area contributed by atoms with Crippen molar-refractivity contribution in [3.8, 4) is 45.6 Å². The Hall–Kier alpha value is -6.00. The molecule has 0 fully saturated rings. The molecule has 0 amide bonds. The minimum atomic E-state index is 0.499. The molecule has 0 heterocycles. The number of hydrogen-bond acceptors (Lipinski definition) is 4. The van der Waals surface area contributed by atoms with E-state index in [1.807, 2.05) is 12.2 Å². The molecule has 0 spiro atoms. The van der Waals surface area contributed by atoms with Crippen LogP contribution in [0.1, 0.15) is 77.9 Å². The van der Waals surface area contributed by atoms with Crippen molar-refractivity contribution < 1.29 is 18.9 Å². The normalized spacial score (nSPS) is 11.0. The summed E-state index contributed by atoms with van der Waals surface area (Å²) in [6.07, 6.45) is 3.69. The molecule has 0 atom stereocenters. The molecule has 0 aromatic heterocycles. The van der Waals surface area contributed by atoms with Crippen LogP contribution in [0.15, 0.2) is 98.1 Å². The fraction of sp³-hybridized carbons (Fsp3) is 0.231. The fourth-order valence-electron chi connectivity index (χ4n) is 7.43. The number of ether oxygens (including phenoxy) is 4. The Morgan fingerprint density at radius 3 is 1.00 bits per heavy atom. The number of benzene rings is 6. The van der Waals surface area contributed by atoms with E-state index >= 15 is 0 Å². The largest absolute Gasteiger partial charge is 0.488 e. The van der Waals surface area contributed by atoms with E-state index < -0.39 is 0 Å². The molecule has 0 saturated carbocycles. The van der Waals surface area contributed by atoms with Crippen molar-refractivity contribution in [2.75, 3.05) is 0 Å². The molecule has 4 nitrogen and oxygen atoms in total. The number of aryl methyl sites for hydroxylation is 6. The lowest BCUT2D eigenvalue weighted by Gasteiger charge is -2.22. The van der Waals surface area contributed by atoms with Gasteiger partial charge < -0.3 is 18.9 Å². The summed E-state index contributed by atoms with van der Waals surface area (Å²) in [7, 11) is 0. The first kappa shape index (κ1) is 39.7. The molecular weight excluding hydrogens is 689 g/mol. The van der Waals surface area contributed by atoms with Crippen LogP contribution in [0.4, 0.5) is 0 Å². The lowest BCUT2D eigenvalue weighted by atomic mass is 9.88. The third-order valence-corrected chi connectivity index (χ3v) is 10.8. The van der Waals surface area contributed by atoms with Crippen LogP contribution in [-0.2, 0) is 13.2 Å². The number of rotatable bonds is 13. The van der Waals surface area contributed by atoms with Crippen molar-refractivity contribution in [3.63, 3.8) is 0 Å². The van der Waals surface area contributed by atoms with Gasteiger partial charge in [0, 0.05) is 0 Å². The highest BCUT2D eigenvalue weighted by atomic mass is 16.5. The minimum Gasteiger partial charge on any atom is -0.488 e. The van der Waals surface area contributed by atoms with Crippen LogP contribution in [0.25, 0.3) is 23.3 Å². The smallest absolute Gasteiger partial charge is 0.133 e. The lowest BCUT2D eigenvalue weighted by Crippen LogP contribution is -2.02. The van der Waals surface area contributed by atoms with Gasteiger partial charge >= 0.3 is 0 Å². The molecule has 0 unspecified atom stereocenters. The average Bonchev–Trinajstić information content (AvgIpc) is 3.17. The summed E-state index contributed by atoms with van der Waals surface area (Å²) in [5.41, 5.74) is 17.8. The SMILES string of the molecule is C=Cc1ccc(COc2c(C)cc(Oc3c(C)cc(-c4cc(C)c(Oc5cc(C)c(OCc6ccc(C=C)cc6)c(C)c5)c(C)c4C)c(C)c3C)cc2C)cc1. The highest BCUT2D eigenvalue weighted by Crippen LogP contribution is 2.43. The predicted octanol–water partition coefficient (Wildman–Crippen LogP) is 14.5. The van der Waals surface area contributed by atoms with Crippen LogP contribution in [-0.4, -0.2) is 0 Å². The molecular formula is C52H54O4. The fourth-order valence-corrected chi connectivity index (χ4v) is 7.43. The Kier molecular flexibility index (Phi) is 11.9. The van der Waals surface area contributed by atoms with Crippen molar-refractivity contribution in [3.05, 3.63) is 176 Å². The van der Waals surface area contributed by atoms with Crippen molar-refractivity contribution in [1.82, 2.24) is 0 Å². The van der Waals surface area contributed by atoms with Crippen LogP contribution in [0.3, 0.4) is 0 Å². The zero-order chi connectivity index (χ0) is 40.3. The Labute approximate surface area is 334 Å².